The quantitative estimate of drug-likeness (QED) is 0.423. The fraction of sp³-hybridized carbons (Fsp3) is 0.120. The number of nitrogens with two attached hydrogens (primary N) is 1. The summed E-state index contributed by atoms with van der Waals surface area (Å²) < 4.78 is 21.6. The molecule has 1 aliphatic rings. The number of allylic oxidation sites excluding steroid dienone is 1. The molecule has 3 aromatic carbocycles. The minimum atomic E-state index is -0.586. The van der Waals surface area contributed by atoms with E-state index in [1.807, 2.05) is 12.1 Å². The molecule has 1 heterocycles. The van der Waals surface area contributed by atoms with Crippen molar-refractivity contribution in [1.82, 2.24) is 0 Å². The predicted molar refractivity (Wildman–Crippen MR) is 121 cm³/mol. The van der Waals surface area contributed by atoms with Crippen LogP contribution in [0.2, 0.25) is 5.02 Å². The summed E-state index contributed by atoms with van der Waals surface area (Å²) in [5.74, 6) is 0.832. The zero-order valence-corrected chi connectivity index (χ0v) is 18.3. The highest BCUT2D eigenvalue weighted by atomic mass is 35.5. The van der Waals surface area contributed by atoms with Gasteiger partial charge in [-0.2, -0.15) is 5.26 Å². The Morgan fingerprint density at radius 3 is 2.39 bits per heavy atom. The van der Waals surface area contributed by atoms with E-state index in [9.17, 15) is 10.1 Å². The summed E-state index contributed by atoms with van der Waals surface area (Å²) in [5, 5.41) is 10.2. The van der Waals surface area contributed by atoms with Crippen LogP contribution in [0.15, 0.2) is 78.2 Å². The maximum Gasteiger partial charge on any atom is 0.349 e. The molecular weight excluding hydrogens is 444 g/mol. The van der Waals surface area contributed by atoms with E-state index in [1.165, 1.54) is 0 Å². The molecule has 0 fully saturated rings. The average Bonchev–Trinajstić information content (AvgIpc) is 2.82. The highest BCUT2D eigenvalue weighted by molar-refractivity contribution is 6.30. The fourth-order valence-electron chi connectivity index (χ4n) is 3.47. The third kappa shape index (κ3) is 4.86. The van der Waals surface area contributed by atoms with Gasteiger partial charge in [0.25, 0.3) is 0 Å². The molecular formula is C25H19ClN2O5. The van der Waals surface area contributed by atoms with Gasteiger partial charge in [0, 0.05) is 16.7 Å². The van der Waals surface area contributed by atoms with Gasteiger partial charge in [-0.15, -0.1) is 0 Å². The van der Waals surface area contributed by atoms with Gasteiger partial charge < -0.3 is 24.7 Å². The van der Waals surface area contributed by atoms with Gasteiger partial charge >= 0.3 is 5.97 Å². The summed E-state index contributed by atoms with van der Waals surface area (Å²) in [6.07, 6.45) is 0. The number of nitriles is 1. The summed E-state index contributed by atoms with van der Waals surface area (Å²) >= 11 is 6.01. The molecule has 0 aliphatic carbocycles. The molecule has 0 saturated heterocycles. The second-order valence-corrected chi connectivity index (χ2v) is 7.55. The second kappa shape index (κ2) is 9.55. The van der Waals surface area contributed by atoms with Crippen molar-refractivity contribution in [3.05, 3.63) is 94.3 Å². The van der Waals surface area contributed by atoms with E-state index in [2.05, 4.69) is 6.07 Å². The molecule has 1 unspecified atom stereocenters. The molecule has 1 aliphatic heterocycles. The van der Waals surface area contributed by atoms with Crippen molar-refractivity contribution in [1.29, 1.82) is 5.26 Å². The number of nitrogens with zero attached hydrogens (tertiary/aromatic N) is 1. The minimum Gasteiger partial charge on any atom is -0.497 e. The number of carbonyl (C=O) groups excluding carboxylic acids is 1. The van der Waals surface area contributed by atoms with Crippen molar-refractivity contribution >= 4 is 17.6 Å². The number of esters is 1. The van der Waals surface area contributed by atoms with Gasteiger partial charge in [0.2, 0.25) is 5.88 Å². The minimum absolute atomic E-state index is 0.00346. The summed E-state index contributed by atoms with van der Waals surface area (Å²) in [6, 6.07) is 21.1. The number of ether oxygens (including phenoxy) is 4. The van der Waals surface area contributed by atoms with E-state index in [-0.39, 0.29) is 18.2 Å². The van der Waals surface area contributed by atoms with Crippen molar-refractivity contribution in [2.75, 3.05) is 13.7 Å². The van der Waals surface area contributed by atoms with Crippen LogP contribution in [0, 0.1) is 11.3 Å². The van der Waals surface area contributed by atoms with Crippen LogP contribution < -0.4 is 24.7 Å². The fourth-order valence-corrected chi connectivity index (χ4v) is 3.60. The number of fused-ring (bicyclic) bond motifs is 1. The Hall–Kier alpha value is -4.15. The topological polar surface area (TPSA) is 104 Å². The summed E-state index contributed by atoms with van der Waals surface area (Å²) in [7, 11) is 1.57. The standard InChI is InChI=1S/C25H19ClN2O5/c1-30-17-6-8-18(9-7-17)31-14-23(29)32-19-10-11-20-22(12-19)33-25(28)21(13-27)24(20)15-2-4-16(26)5-3-15/h2-12,24H,14,28H2,1H3. The second-order valence-electron chi connectivity index (χ2n) is 7.11. The number of benzene rings is 3. The molecule has 8 heteroatoms. The number of hydrogen-bond acceptors (Lipinski definition) is 7. The lowest BCUT2D eigenvalue weighted by atomic mass is 9.83. The maximum absolute atomic E-state index is 12.3. The van der Waals surface area contributed by atoms with Gasteiger partial charge in [-0.3, -0.25) is 0 Å². The van der Waals surface area contributed by atoms with Crippen LogP contribution in [0.25, 0.3) is 0 Å². The van der Waals surface area contributed by atoms with Gasteiger partial charge in [0.05, 0.1) is 13.0 Å². The van der Waals surface area contributed by atoms with Crippen LogP contribution in [0.3, 0.4) is 0 Å². The molecule has 0 spiro atoms. The number of hydrogen-bond donors (Lipinski definition) is 1. The van der Waals surface area contributed by atoms with Gasteiger partial charge in [-0.1, -0.05) is 29.8 Å². The number of methoxy groups -OCH3 is 1. The summed E-state index contributed by atoms with van der Waals surface area (Å²) in [6.45, 7) is -0.279. The lowest BCUT2D eigenvalue weighted by Gasteiger charge is -2.26. The first-order valence-electron chi connectivity index (χ1n) is 9.93. The highest BCUT2D eigenvalue weighted by Crippen LogP contribution is 2.43. The number of rotatable bonds is 6. The first-order chi connectivity index (χ1) is 16.0. The van der Waals surface area contributed by atoms with Crippen LogP contribution in [0.4, 0.5) is 0 Å². The summed E-state index contributed by atoms with van der Waals surface area (Å²) in [5.41, 5.74) is 7.87. The van der Waals surface area contributed by atoms with Crippen molar-refractivity contribution < 1.29 is 23.7 Å². The SMILES string of the molecule is COc1ccc(OCC(=O)Oc2ccc3c(c2)OC(N)=C(C#N)C3c2ccc(Cl)cc2)cc1. The molecule has 0 bridgehead atoms. The highest BCUT2D eigenvalue weighted by Gasteiger charge is 2.31. The zero-order chi connectivity index (χ0) is 23.4. The molecule has 0 amide bonds. The Balaban J connectivity index is 1.51. The summed E-state index contributed by atoms with van der Waals surface area (Å²) in [4.78, 5) is 12.3. The van der Waals surface area contributed by atoms with Crippen molar-refractivity contribution in [3.8, 4) is 29.1 Å². The van der Waals surface area contributed by atoms with Crippen LogP contribution in [0.1, 0.15) is 17.0 Å². The van der Waals surface area contributed by atoms with Gasteiger partial charge in [-0.25, -0.2) is 4.79 Å². The molecule has 4 rings (SSSR count). The molecule has 0 aromatic heterocycles. The lowest BCUT2D eigenvalue weighted by Crippen LogP contribution is -2.21. The monoisotopic (exact) mass is 462 g/mol. The average molecular weight is 463 g/mol. The lowest BCUT2D eigenvalue weighted by molar-refractivity contribution is -0.136. The van der Waals surface area contributed by atoms with E-state index < -0.39 is 11.9 Å². The number of carbonyl (C=O) groups is 1. The van der Waals surface area contributed by atoms with Crippen LogP contribution in [0.5, 0.6) is 23.0 Å². The van der Waals surface area contributed by atoms with Gasteiger partial charge in [0.15, 0.2) is 6.61 Å². The van der Waals surface area contributed by atoms with Gasteiger partial charge in [0.1, 0.15) is 34.6 Å². The van der Waals surface area contributed by atoms with Crippen LogP contribution in [-0.2, 0) is 4.79 Å². The Kier molecular flexibility index (Phi) is 6.38. The third-order valence-electron chi connectivity index (χ3n) is 5.04. The smallest absolute Gasteiger partial charge is 0.349 e. The predicted octanol–water partition coefficient (Wildman–Crippen LogP) is 4.55. The Morgan fingerprint density at radius 2 is 1.73 bits per heavy atom. The zero-order valence-electron chi connectivity index (χ0n) is 17.6. The number of halogens is 1. The van der Waals surface area contributed by atoms with E-state index in [1.54, 1.807) is 61.7 Å². The Morgan fingerprint density at radius 1 is 1.06 bits per heavy atom. The normalized spacial score (nSPS) is 14.5. The largest absolute Gasteiger partial charge is 0.497 e. The maximum atomic E-state index is 12.3. The molecule has 0 saturated carbocycles. The molecule has 1 atom stereocenters. The Labute approximate surface area is 195 Å². The molecule has 7 nitrogen and oxygen atoms in total. The third-order valence-corrected chi connectivity index (χ3v) is 5.29. The Bertz CT molecular complexity index is 1250. The molecule has 2 N–H and O–H groups in total. The first-order valence-corrected chi connectivity index (χ1v) is 10.3. The molecule has 0 radical (unpaired) electrons. The van der Waals surface area contributed by atoms with Crippen molar-refractivity contribution in [2.24, 2.45) is 5.73 Å². The first kappa shape index (κ1) is 22.1. The van der Waals surface area contributed by atoms with E-state index in [4.69, 9.17) is 36.3 Å². The van der Waals surface area contributed by atoms with Gasteiger partial charge in [-0.05, 0) is 48.0 Å². The van der Waals surface area contributed by atoms with E-state index in [0.717, 1.165) is 11.1 Å². The van der Waals surface area contributed by atoms with E-state index in [0.29, 0.717) is 27.8 Å². The van der Waals surface area contributed by atoms with Crippen LogP contribution in [-0.4, -0.2) is 19.7 Å². The van der Waals surface area contributed by atoms with E-state index >= 15 is 0 Å². The van der Waals surface area contributed by atoms with Crippen molar-refractivity contribution in [2.45, 2.75) is 5.92 Å². The van der Waals surface area contributed by atoms with Crippen LogP contribution >= 0.6 is 11.6 Å². The molecule has 33 heavy (non-hydrogen) atoms. The molecule has 166 valence electrons. The molecule has 3 aromatic rings. The van der Waals surface area contributed by atoms with Crippen molar-refractivity contribution in [3.63, 3.8) is 0 Å².